The first-order valence-electron chi connectivity index (χ1n) is 4.93. The van der Waals surface area contributed by atoms with Crippen LogP contribution in [0.1, 0.15) is 10.4 Å². The Morgan fingerprint density at radius 3 is 2.56 bits per heavy atom. The molecule has 0 spiro atoms. The molecule has 0 unspecified atom stereocenters. The number of nitrogens with two attached hydrogens (primary N) is 1. The summed E-state index contributed by atoms with van der Waals surface area (Å²) in [5, 5.41) is 9.85. The topological polar surface area (TPSA) is 76.2 Å². The SMILES string of the molecule is Nc1cnc(-c2ccc(Cl)c(Cl)c2)c(C(=O)O)c1. The molecule has 1 heterocycles. The maximum Gasteiger partial charge on any atom is 0.337 e. The number of halogens is 2. The summed E-state index contributed by atoms with van der Waals surface area (Å²) < 4.78 is 0. The lowest BCUT2D eigenvalue weighted by molar-refractivity contribution is 0.0697. The zero-order valence-corrected chi connectivity index (χ0v) is 10.5. The highest BCUT2D eigenvalue weighted by molar-refractivity contribution is 6.42. The molecule has 0 saturated carbocycles. The fourth-order valence-electron chi connectivity index (χ4n) is 1.52. The first-order valence-corrected chi connectivity index (χ1v) is 5.69. The lowest BCUT2D eigenvalue weighted by Gasteiger charge is -2.07. The van der Waals surface area contributed by atoms with Crippen molar-refractivity contribution in [1.82, 2.24) is 4.98 Å². The number of nitrogens with zero attached hydrogens (tertiary/aromatic N) is 1. The van der Waals surface area contributed by atoms with Gasteiger partial charge in [-0.3, -0.25) is 4.98 Å². The molecule has 0 atom stereocenters. The molecular formula is C12H8Cl2N2O2. The predicted molar refractivity (Wildman–Crippen MR) is 71.1 cm³/mol. The van der Waals surface area contributed by atoms with Gasteiger partial charge in [0.15, 0.2) is 0 Å². The Morgan fingerprint density at radius 2 is 1.94 bits per heavy atom. The van der Waals surface area contributed by atoms with Gasteiger partial charge in [0, 0.05) is 5.56 Å². The quantitative estimate of drug-likeness (QED) is 0.886. The molecule has 1 aromatic heterocycles. The van der Waals surface area contributed by atoms with Crippen LogP contribution in [0.15, 0.2) is 30.5 Å². The van der Waals surface area contributed by atoms with E-state index in [9.17, 15) is 4.79 Å². The number of nitrogen functional groups attached to an aromatic ring is 1. The molecule has 0 aliphatic carbocycles. The highest BCUT2D eigenvalue weighted by Crippen LogP contribution is 2.29. The average Bonchev–Trinajstić information content (AvgIpc) is 2.32. The van der Waals surface area contributed by atoms with E-state index in [4.69, 9.17) is 34.0 Å². The average molecular weight is 283 g/mol. The molecule has 0 bridgehead atoms. The molecule has 2 rings (SSSR count). The monoisotopic (exact) mass is 282 g/mol. The summed E-state index contributed by atoms with van der Waals surface area (Å²) in [6, 6.07) is 6.16. The van der Waals surface area contributed by atoms with E-state index >= 15 is 0 Å². The van der Waals surface area contributed by atoms with Crippen molar-refractivity contribution in [2.24, 2.45) is 0 Å². The number of carbonyl (C=O) groups is 1. The van der Waals surface area contributed by atoms with Gasteiger partial charge in [0.05, 0.1) is 33.2 Å². The Bertz CT molecular complexity index is 629. The number of benzene rings is 1. The van der Waals surface area contributed by atoms with Crippen molar-refractivity contribution in [3.8, 4) is 11.3 Å². The van der Waals surface area contributed by atoms with E-state index in [0.29, 0.717) is 21.3 Å². The van der Waals surface area contributed by atoms with Gasteiger partial charge in [-0.15, -0.1) is 0 Å². The number of carboxylic acids is 1. The van der Waals surface area contributed by atoms with Crippen LogP contribution < -0.4 is 5.73 Å². The van der Waals surface area contributed by atoms with Crippen molar-refractivity contribution >= 4 is 34.9 Å². The minimum absolute atomic E-state index is 0.0217. The number of aromatic nitrogens is 1. The predicted octanol–water partition coefficient (Wildman–Crippen LogP) is 3.34. The maximum atomic E-state index is 11.1. The van der Waals surface area contributed by atoms with E-state index in [1.807, 2.05) is 0 Å². The number of pyridine rings is 1. The highest BCUT2D eigenvalue weighted by Gasteiger charge is 2.14. The number of carboxylic acid groups (broad SMARTS) is 1. The summed E-state index contributed by atoms with van der Waals surface area (Å²) in [5.41, 5.74) is 6.71. The van der Waals surface area contributed by atoms with Crippen molar-refractivity contribution in [3.05, 3.63) is 46.1 Å². The van der Waals surface area contributed by atoms with Gasteiger partial charge < -0.3 is 10.8 Å². The fraction of sp³-hybridized carbons (Fsp3) is 0. The Labute approximate surface area is 113 Å². The normalized spacial score (nSPS) is 10.3. The van der Waals surface area contributed by atoms with Crippen molar-refractivity contribution in [1.29, 1.82) is 0 Å². The summed E-state index contributed by atoms with van der Waals surface area (Å²) in [6.07, 6.45) is 1.39. The molecular weight excluding hydrogens is 275 g/mol. The third kappa shape index (κ3) is 2.39. The Kier molecular flexibility index (Phi) is 3.41. The summed E-state index contributed by atoms with van der Waals surface area (Å²) in [5.74, 6) is -1.10. The van der Waals surface area contributed by atoms with Crippen molar-refractivity contribution < 1.29 is 9.90 Å². The van der Waals surface area contributed by atoms with Crippen LogP contribution in [-0.4, -0.2) is 16.1 Å². The van der Waals surface area contributed by atoms with Crippen LogP contribution in [-0.2, 0) is 0 Å². The first-order chi connectivity index (χ1) is 8.49. The van der Waals surface area contributed by atoms with Crippen LogP contribution >= 0.6 is 23.2 Å². The van der Waals surface area contributed by atoms with E-state index in [-0.39, 0.29) is 11.3 Å². The van der Waals surface area contributed by atoms with Crippen LogP contribution in [0.2, 0.25) is 10.0 Å². The minimum Gasteiger partial charge on any atom is -0.478 e. The number of hydrogen-bond acceptors (Lipinski definition) is 3. The first kappa shape index (κ1) is 12.7. The lowest BCUT2D eigenvalue weighted by Crippen LogP contribution is -2.03. The lowest BCUT2D eigenvalue weighted by atomic mass is 10.1. The van der Waals surface area contributed by atoms with E-state index < -0.39 is 5.97 Å². The molecule has 0 radical (unpaired) electrons. The Hall–Kier alpha value is -1.78. The van der Waals surface area contributed by atoms with E-state index in [1.165, 1.54) is 12.3 Å². The molecule has 6 heteroatoms. The number of anilines is 1. The Balaban J connectivity index is 2.63. The van der Waals surface area contributed by atoms with Crippen molar-refractivity contribution in [2.45, 2.75) is 0 Å². The molecule has 0 fully saturated rings. The van der Waals surface area contributed by atoms with Gasteiger partial charge in [0.2, 0.25) is 0 Å². The van der Waals surface area contributed by atoms with Gasteiger partial charge >= 0.3 is 5.97 Å². The molecule has 0 amide bonds. The molecule has 18 heavy (non-hydrogen) atoms. The van der Waals surface area contributed by atoms with Gasteiger partial charge in [-0.1, -0.05) is 29.3 Å². The molecule has 3 N–H and O–H groups in total. The largest absolute Gasteiger partial charge is 0.478 e. The molecule has 0 aliphatic rings. The summed E-state index contributed by atoms with van der Waals surface area (Å²) in [4.78, 5) is 15.2. The van der Waals surface area contributed by atoms with Gasteiger partial charge in [0.25, 0.3) is 0 Å². The smallest absolute Gasteiger partial charge is 0.337 e. The second-order valence-corrected chi connectivity index (χ2v) is 4.41. The maximum absolute atomic E-state index is 11.1. The summed E-state index contributed by atoms with van der Waals surface area (Å²) in [7, 11) is 0. The zero-order chi connectivity index (χ0) is 13.3. The second kappa shape index (κ2) is 4.84. The highest BCUT2D eigenvalue weighted by atomic mass is 35.5. The van der Waals surface area contributed by atoms with Crippen LogP contribution in [0.5, 0.6) is 0 Å². The third-order valence-electron chi connectivity index (χ3n) is 2.33. The molecule has 4 nitrogen and oxygen atoms in total. The molecule has 1 aromatic carbocycles. The molecule has 0 aliphatic heterocycles. The van der Waals surface area contributed by atoms with Gasteiger partial charge in [-0.2, -0.15) is 0 Å². The van der Waals surface area contributed by atoms with Gasteiger partial charge in [-0.05, 0) is 18.2 Å². The van der Waals surface area contributed by atoms with E-state index in [1.54, 1.807) is 18.2 Å². The van der Waals surface area contributed by atoms with Crippen LogP contribution in [0.4, 0.5) is 5.69 Å². The van der Waals surface area contributed by atoms with Gasteiger partial charge in [0.1, 0.15) is 0 Å². The third-order valence-corrected chi connectivity index (χ3v) is 3.07. The van der Waals surface area contributed by atoms with Gasteiger partial charge in [-0.25, -0.2) is 4.79 Å². The molecule has 2 aromatic rings. The fourth-order valence-corrected chi connectivity index (χ4v) is 1.82. The van der Waals surface area contributed by atoms with Crippen LogP contribution in [0.25, 0.3) is 11.3 Å². The zero-order valence-electron chi connectivity index (χ0n) is 9.02. The number of rotatable bonds is 2. The summed E-state index contributed by atoms with van der Waals surface area (Å²) in [6.45, 7) is 0. The number of hydrogen-bond donors (Lipinski definition) is 2. The molecule has 0 saturated heterocycles. The van der Waals surface area contributed by atoms with E-state index in [2.05, 4.69) is 4.98 Å². The van der Waals surface area contributed by atoms with Crippen LogP contribution in [0, 0.1) is 0 Å². The number of aromatic carboxylic acids is 1. The minimum atomic E-state index is -1.10. The van der Waals surface area contributed by atoms with Crippen molar-refractivity contribution in [2.75, 3.05) is 5.73 Å². The summed E-state index contributed by atoms with van der Waals surface area (Å²) >= 11 is 11.7. The van der Waals surface area contributed by atoms with Crippen molar-refractivity contribution in [3.63, 3.8) is 0 Å². The second-order valence-electron chi connectivity index (χ2n) is 3.60. The Morgan fingerprint density at radius 1 is 1.22 bits per heavy atom. The molecule has 92 valence electrons. The van der Waals surface area contributed by atoms with Crippen LogP contribution in [0.3, 0.4) is 0 Å². The van der Waals surface area contributed by atoms with E-state index in [0.717, 1.165) is 0 Å². The standard InChI is InChI=1S/C12H8Cl2N2O2/c13-9-2-1-6(3-10(9)14)11-8(12(17)18)4-7(15)5-16-11/h1-5H,15H2,(H,17,18).